The van der Waals surface area contributed by atoms with Crippen molar-refractivity contribution in [2.75, 3.05) is 10.5 Å². The highest BCUT2D eigenvalue weighted by atomic mass is 32.2. The maximum Gasteiger partial charge on any atom is 0.232 e. The minimum Gasteiger partial charge on any atom is -0.345 e. The van der Waals surface area contributed by atoms with Gasteiger partial charge in [0, 0.05) is 5.69 Å². The van der Waals surface area contributed by atoms with Gasteiger partial charge in [0.15, 0.2) is 0 Å². The van der Waals surface area contributed by atoms with E-state index in [4.69, 9.17) is 0 Å². The number of hydrogen-bond donors (Lipinski definition) is 2. The molecule has 17 heavy (non-hydrogen) atoms. The summed E-state index contributed by atoms with van der Waals surface area (Å²) in [7, 11) is -3.21. The van der Waals surface area contributed by atoms with Crippen molar-refractivity contribution in [2.24, 2.45) is 0 Å². The predicted molar refractivity (Wildman–Crippen MR) is 67.1 cm³/mol. The number of aromatic amines is 1. The standard InChI is InChI=1S/C11H13N3O2S/c1-2-17(15,16)14-10-5-3-9(4-6-10)11-7-12-8-13-11/h3-8,14H,2H2,1H3,(H,12,13). The summed E-state index contributed by atoms with van der Waals surface area (Å²) in [6.07, 6.45) is 3.31. The van der Waals surface area contributed by atoms with E-state index in [1.54, 1.807) is 31.6 Å². The van der Waals surface area contributed by atoms with Crippen molar-refractivity contribution < 1.29 is 8.42 Å². The van der Waals surface area contributed by atoms with Crippen LogP contribution < -0.4 is 4.72 Å². The van der Waals surface area contributed by atoms with E-state index in [9.17, 15) is 8.42 Å². The number of H-pyrrole nitrogens is 1. The van der Waals surface area contributed by atoms with E-state index in [0.29, 0.717) is 5.69 Å². The van der Waals surface area contributed by atoms with E-state index in [1.165, 1.54) is 0 Å². The fraction of sp³-hybridized carbons (Fsp3) is 0.182. The highest BCUT2D eigenvalue weighted by molar-refractivity contribution is 7.92. The summed E-state index contributed by atoms with van der Waals surface area (Å²) in [5.74, 6) is 0.0648. The molecular formula is C11H13N3O2S. The molecule has 1 aromatic heterocycles. The van der Waals surface area contributed by atoms with Gasteiger partial charge in [0.25, 0.3) is 0 Å². The molecule has 2 rings (SSSR count). The first kappa shape index (κ1) is 11.7. The van der Waals surface area contributed by atoms with Crippen molar-refractivity contribution in [3.8, 4) is 11.3 Å². The van der Waals surface area contributed by atoms with E-state index in [2.05, 4.69) is 14.7 Å². The zero-order chi connectivity index (χ0) is 12.3. The van der Waals surface area contributed by atoms with Crippen LogP contribution in [0.5, 0.6) is 0 Å². The molecule has 0 saturated carbocycles. The van der Waals surface area contributed by atoms with Crippen LogP contribution in [0.25, 0.3) is 11.3 Å². The Labute approximate surface area is 100.0 Å². The number of rotatable bonds is 4. The lowest BCUT2D eigenvalue weighted by Gasteiger charge is -2.06. The van der Waals surface area contributed by atoms with Crippen molar-refractivity contribution >= 4 is 15.7 Å². The molecular weight excluding hydrogens is 238 g/mol. The van der Waals surface area contributed by atoms with Gasteiger partial charge in [-0.15, -0.1) is 0 Å². The number of nitrogens with zero attached hydrogens (tertiary/aromatic N) is 1. The molecule has 1 aromatic carbocycles. The number of sulfonamides is 1. The lowest BCUT2D eigenvalue weighted by atomic mass is 10.1. The second kappa shape index (κ2) is 4.58. The number of hydrogen-bond acceptors (Lipinski definition) is 3. The van der Waals surface area contributed by atoms with Gasteiger partial charge in [-0.1, -0.05) is 12.1 Å². The zero-order valence-electron chi connectivity index (χ0n) is 9.34. The molecule has 0 fully saturated rings. The number of nitrogens with one attached hydrogen (secondary N) is 2. The molecule has 0 atom stereocenters. The monoisotopic (exact) mass is 251 g/mol. The Hall–Kier alpha value is -1.82. The molecule has 90 valence electrons. The molecule has 0 amide bonds. The van der Waals surface area contributed by atoms with Crippen molar-refractivity contribution in [1.29, 1.82) is 0 Å². The Bertz CT molecular complexity index is 574. The van der Waals surface area contributed by atoms with Crippen LogP contribution in [0.2, 0.25) is 0 Å². The van der Waals surface area contributed by atoms with E-state index < -0.39 is 10.0 Å². The predicted octanol–water partition coefficient (Wildman–Crippen LogP) is 1.84. The Balaban J connectivity index is 2.19. The Morgan fingerprint density at radius 1 is 1.29 bits per heavy atom. The third-order valence-electron chi connectivity index (χ3n) is 2.35. The van der Waals surface area contributed by atoms with Gasteiger partial charge < -0.3 is 4.98 Å². The first-order valence-electron chi connectivity index (χ1n) is 5.20. The van der Waals surface area contributed by atoms with Gasteiger partial charge in [0.2, 0.25) is 10.0 Å². The normalized spacial score (nSPS) is 11.4. The van der Waals surface area contributed by atoms with Gasteiger partial charge in [-0.25, -0.2) is 13.4 Å². The fourth-order valence-corrected chi connectivity index (χ4v) is 2.02. The van der Waals surface area contributed by atoms with E-state index >= 15 is 0 Å². The quantitative estimate of drug-likeness (QED) is 0.870. The summed E-state index contributed by atoms with van der Waals surface area (Å²) in [6, 6.07) is 7.12. The maximum absolute atomic E-state index is 11.4. The second-order valence-corrected chi connectivity index (χ2v) is 5.56. The third-order valence-corrected chi connectivity index (χ3v) is 3.65. The van der Waals surface area contributed by atoms with Crippen LogP contribution in [0.4, 0.5) is 5.69 Å². The molecule has 0 bridgehead atoms. The zero-order valence-corrected chi connectivity index (χ0v) is 10.2. The number of aromatic nitrogens is 2. The molecule has 0 spiro atoms. The summed E-state index contributed by atoms with van der Waals surface area (Å²) in [6.45, 7) is 1.60. The molecule has 2 aromatic rings. The molecule has 2 N–H and O–H groups in total. The van der Waals surface area contributed by atoms with Gasteiger partial charge >= 0.3 is 0 Å². The van der Waals surface area contributed by atoms with E-state index in [0.717, 1.165) is 11.3 Å². The summed E-state index contributed by atoms with van der Waals surface area (Å²) >= 11 is 0. The van der Waals surface area contributed by atoms with Crippen molar-refractivity contribution in [3.63, 3.8) is 0 Å². The van der Waals surface area contributed by atoms with Crippen LogP contribution in [0.15, 0.2) is 36.8 Å². The lowest BCUT2D eigenvalue weighted by molar-refractivity contribution is 0.602. The molecule has 6 heteroatoms. The van der Waals surface area contributed by atoms with Gasteiger partial charge in [-0.05, 0) is 24.6 Å². The minimum absolute atomic E-state index is 0.0648. The minimum atomic E-state index is -3.21. The van der Waals surface area contributed by atoms with Crippen LogP contribution >= 0.6 is 0 Å². The second-order valence-electron chi connectivity index (χ2n) is 3.55. The first-order chi connectivity index (χ1) is 8.11. The Morgan fingerprint density at radius 2 is 2.00 bits per heavy atom. The van der Waals surface area contributed by atoms with Gasteiger partial charge in [-0.2, -0.15) is 0 Å². The Kier molecular flexibility index (Phi) is 3.14. The maximum atomic E-state index is 11.4. The first-order valence-corrected chi connectivity index (χ1v) is 6.85. The summed E-state index contributed by atoms with van der Waals surface area (Å²) < 4.78 is 25.2. The third kappa shape index (κ3) is 2.85. The molecule has 0 aliphatic rings. The summed E-state index contributed by atoms with van der Waals surface area (Å²) in [5.41, 5.74) is 2.42. The molecule has 0 saturated heterocycles. The van der Waals surface area contributed by atoms with E-state index in [-0.39, 0.29) is 5.75 Å². The topological polar surface area (TPSA) is 74.8 Å². The van der Waals surface area contributed by atoms with Crippen molar-refractivity contribution in [3.05, 3.63) is 36.8 Å². The summed E-state index contributed by atoms with van der Waals surface area (Å²) in [5, 5.41) is 0. The van der Waals surface area contributed by atoms with Crippen LogP contribution in [0, 0.1) is 0 Å². The van der Waals surface area contributed by atoms with Crippen LogP contribution in [0.3, 0.4) is 0 Å². The fourth-order valence-electron chi connectivity index (χ4n) is 1.38. The molecule has 5 nitrogen and oxygen atoms in total. The van der Waals surface area contributed by atoms with Gasteiger partial charge in [-0.3, -0.25) is 4.72 Å². The van der Waals surface area contributed by atoms with Crippen LogP contribution in [-0.2, 0) is 10.0 Å². The number of benzene rings is 1. The Morgan fingerprint density at radius 3 is 2.53 bits per heavy atom. The van der Waals surface area contributed by atoms with Crippen LogP contribution in [-0.4, -0.2) is 24.1 Å². The largest absolute Gasteiger partial charge is 0.345 e. The van der Waals surface area contributed by atoms with Crippen LogP contribution in [0.1, 0.15) is 6.92 Å². The smallest absolute Gasteiger partial charge is 0.232 e. The molecule has 0 aliphatic carbocycles. The molecule has 0 aliphatic heterocycles. The highest BCUT2D eigenvalue weighted by Gasteiger charge is 2.06. The van der Waals surface area contributed by atoms with Gasteiger partial charge in [0.1, 0.15) is 0 Å². The number of anilines is 1. The molecule has 1 heterocycles. The average molecular weight is 251 g/mol. The number of imidazole rings is 1. The molecule has 0 unspecified atom stereocenters. The van der Waals surface area contributed by atoms with Crippen molar-refractivity contribution in [1.82, 2.24) is 9.97 Å². The lowest BCUT2D eigenvalue weighted by Crippen LogP contribution is -2.14. The average Bonchev–Trinajstić information content (AvgIpc) is 2.83. The van der Waals surface area contributed by atoms with E-state index in [1.807, 2.05) is 12.1 Å². The highest BCUT2D eigenvalue weighted by Crippen LogP contribution is 2.19. The van der Waals surface area contributed by atoms with Crippen molar-refractivity contribution in [2.45, 2.75) is 6.92 Å². The van der Waals surface area contributed by atoms with Gasteiger partial charge in [0.05, 0.1) is 24.0 Å². The summed E-state index contributed by atoms with van der Waals surface area (Å²) in [4.78, 5) is 6.91. The SMILES string of the molecule is CCS(=O)(=O)Nc1ccc(-c2cnc[nH]2)cc1. The molecule has 0 radical (unpaired) electrons.